The normalized spacial score (nSPS) is 21.8. The van der Waals surface area contributed by atoms with E-state index in [0.29, 0.717) is 0 Å². The van der Waals surface area contributed by atoms with Crippen LogP contribution in [0.3, 0.4) is 0 Å². The van der Waals surface area contributed by atoms with Crippen LogP contribution in [0.25, 0.3) is 0 Å². The molecule has 1 aromatic rings. The standard InChI is InChI=1S/C13H19BO3/c1-9-6-10(8-11(15)7-9)14-16-12(2,3)13(4,5)17-14/h6-8,15H,1-5H3. The van der Waals surface area contributed by atoms with Gasteiger partial charge in [0.15, 0.2) is 0 Å². The minimum absolute atomic E-state index is 0.245. The number of phenols is 1. The minimum Gasteiger partial charge on any atom is -0.508 e. The van der Waals surface area contributed by atoms with Crippen LogP contribution in [-0.4, -0.2) is 23.4 Å². The van der Waals surface area contributed by atoms with Crippen molar-refractivity contribution in [3.05, 3.63) is 23.8 Å². The molecule has 0 saturated carbocycles. The summed E-state index contributed by atoms with van der Waals surface area (Å²) in [6.45, 7) is 10.0. The quantitative estimate of drug-likeness (QED) is 0.755. The van der Waals surface area contributed by atoms with Crippen molar-refractivity contribution >= 4 is 12.6 Å². The second-order valence-corrected chi connectivity index (χ2v) is 5.69. The van der Waals surface area contributed by atoms with Gasteiger partial charge in [0.1, 0.15) is 5.75 Å². The van der Waals surface area contributed by atoms with Crippen LogP contribution < -0.4 is 5.46 Å². The predicted molar refractivity (Wildman–Crippen MR) is 68.6 cm³/mol. The molecular formula is C13H19BO3. The van der Waals surface area contributed by atoms with Gasteiger partial charge in [0.05, 0.1) is 11.2 Å². The number of rotatable bonds is 1. The molecule has 4 heteroatoms. The lowest BCUT2D eigenvalue weighted by Crippen LogP contribution is -2.41. The molecule has 17 heavy (non-hydrogen) atoms. The summed E-state index contributed by atoms with van der Waals surface area (Å²) in [4.78, 5) is 0. The molecule has 1 aromatic carbocycles. The lowest BCUT2D eigenvalue weighted by Gasteiger charge is -2.32. The summed E-state index contributed by atoms with van der Waals surface area (Å²) in [7, 11) is -0.411. The fourth-order valence-corrected chi connectivity index (χ4v) is 1.91. The maximum atomic E-state index is 9.60. The first-order valence-electron chi connectivity index (χ1n) is 5.87. The Bertz CT molecular complexity index is 404. The van der Waals surface area contributed by atoms with Crippen molar-refractivity contribution in [2.75, 3.05) is 0 Å². The summed E-state index contributed by atoms with van der Waals surface area (Å²) in [5.41, 5.74) is 1.16. The highest BCUT2D eigenvalue weighted by Crippen LogP contribution is 2.36. The highest BCUT2D eigenvalue weighted by molar-refractivity contribution is 6.62. The van der Waals surface area contributed by atoms with Crippen molar-refractivity contribution in [2.45, 2.75) is 45.8 Å². The van der Waals surface area contributed by atoms with Crippen LogP contribution in [0.2, 0.25) is 0 Å². The molecule has 1 fully saturated rings. The molecule has 0 aliphatic carbocycles. The van der Waals surface area contributed by atoms with Gasteiger partial charge in [-0.1, -0.05) is 6.07 Å². The Morgan fingerprint density at radius 3 is 2.00 bits per heavy atom. The van der Waals surface area contributed by atoms with Gasteiger partial charge in [-0.25, -0.2) is 0 Å². The minimum atomic E-state index is -0.411. The molecule has 1 saturated heterocycles. The van der Waals surface area contributed by atoms with Crippen LogP contribution in [0.1, 0.15) is 33.3 Å². The van der Waals surface area contributed by atoms with Crippen molar-refractivity contribution in [3.8, 4) is 5.75 Å². The van der Waals surface area contributed by atoms with Crippen molar-refractivity contribution in [3.63, 3.8) is 0 Å². The van der Waals surface area contributed by atoms with Crippen LogP contribution in [0.15, 0.2) is 18.2 Å². The van der Waals surface area contributed by atoms with Gasteiger partial charge in [0, 0.05) is 0 Å². The first kappa shape index (κ1) is 12.5. The molecular weight excluding hydrogens is 215 g/mol. The number of aromatic hydroxyl groups is 1. The molecule has 0 aromatic heterocycles. The predicted octanol–water partition coefficient (Wildman–Crippen LogP) is 2.00. The molecule has 92 valence electrons. The van der Waals surface area contributed by atoms with Crippen LogP contribution in [0.5, 0.6) is 5.75 Å². The van der Waals surface area contributed by atoms with E-state index in [2.05, 4.69) is 0 Å². The highest BCUT2D eigenvalue weighted by Gasteiger charge is 2.51. The van der Waals surface area contributed by atoms with Gasteiger partial charge in [0.25, 0.3) is 0 Å². The largest absolute Gasteiger partial charge is 0.508 e. The van der Waals surface area contributed by atoms with Crippen molar-refractivity contribution in [2.24, 2.45) is 0 Å². The van der Waals surface area contributed by atoms with E-state index in [1.165, 1.54) is 0 Å². The SMILES string of the molecule is Cc1cc(O)cc(B2OC(C)(C)C(C)(C)O2)c1. The summed E-state index contributed by atoms with van der Waals surface area (Å²) < 4.78 is 11.9. The van der Waals surface area contributed by atoms with Crippen LogP contribution in [-0.2, 0) is 9.31 Å². The molecule has 0 atom stereocenters. The van der Waals surface area contributed by atoms with Gasteiger partial charge < -0.3 is 14.4 Å². The number of benzene rings is 1. The van der Waals surface area contributed by atoms with E-state index in [4.69, 9.17) is 9.31 Å². The summed E-state index contributed by atoms with van der Waals surface area (Å²) in [6.07, 6.45) is 0. The van der Waals surface area contributed by atoms with Crippen molar-refractivity contribution in [1.82, 2.24) is 0 Å². The number of phenolic OH excluding ortho intramolecular Hbond substituents is 1. The number of hydrogen-bond donors (Lipinski definition) is 1. The van der Waals surface area contributed by atoms with E-state index >= 15 is 0 Å². The third-order valence-corrected chi connectivity index (χ3v) is 3.61. The maximum absolute atomic E-state index is 9.60. The van der Waals surface area contributed by atoms with Crippen LogP contribution in [0.4, 0.5) is 0 Å². The average Bonchev–Trinajstić information content (AvgIpc) is 2.34. The number of aryl methyl sites for hydroxylation is 1. The zero-order valence-corrected chi connectivity index (χ0v) is 11.1. The molecule has 1 aliphatic heterocycles. The van der Waals surface area contributed by atoms with Gasteiger partial charge in [0.2, 0.25) is 0 Å². The molecule has 0 spiro atoms. The molecule has 0 radical (unpaired) electrons. The lowest BCUT2D eigenvalue weighted by molar-refractivity contribution is 0.00578. The van der Waals surface area contributed by atoms with Gasteiger partial charge in [-0.05, 0) is 57.8 Å². The molecule has 1 N–H and O–H groups in total. The number of hydrogen-bond acceptors (Lipinski definition) is 3. The van der Waals surface area contributed by atoms with Gasteiger partial charge in [-0.3, -0.25) is 0 Å². The molecule has 3 nitrogen and oxygen atoms in total. The third-order valence-electron chi connectivity index (χ3n) is 3.61. The second-order valence-electron chi connectivity index (χ2n) is 5.69. The molecule has 1 aliphatic rings. The Morgan fingerprint density at radius 2 is 1.53 bits per heavy atom. The Hall–Kier alpha value is -0.995. The van der Waals surface area contributed by atoms with Gasteiger partial charge in [-0.2, -0.15) is 0 Å². The Morgan fingerprint density at radius 1 is 1.00 bits per heavy atom. The summed E-state index contributed by atoms with van der Waals surface area (Å²) in [6, 6.07) is 5.38. The van der Waals surface area contributed by atoms with E-state index in [-0.39, 0.29) is 17.0 Å². The average molecular weight is 234 g/mol. The summed E-state index contributed by atoms with van der Waals surface area (Å²) in [5.74, 6) is 0.245. The highest BCUT2D eigenvalue weighted by atomic mass is 16.7. The second kappa shape index (κ2) is 3.75. The Kier molecular flexibility index (Phi) is 2.75. The van der Waals surface area contributed by atoms with E-state index in [0.717, 1.165) is 11.0 Å². The molecule has 0 amide bonds. The zero-order chi connectivity index (χ0) is 12.8. The monoisotopic (exact) mass is 234 g/mol. The maximum Gasteiger partial charge on any atom is 0.494 e. The third kappa shape index (κ3) is 2.19. The van der Waals surface area contributed by atoms with Gasteiger partial charge >= 0.3 is 7.12 Å². The molecule has 0 bridgehead atoms. The van der Waals surface area contributed by atoms with E-state index in [9.17, 15) is 5.11 Å². The topological polar surface area (TPSA) is 38.7 Å². The van der Waals surface area contributed by atoms with E-state index in [1.807, 2.05) is 40.7 Å². The van der Waals surface area contributed by atoms with Crippen molar-refractivity contribution < 1.29 is 14.4 Å². The molecule has 1 heterocycles. The first-order chi connectivity index (χ1) is 7.71. The Labute approximate surface area is 103 Å². The van der Waals surface area contributed by atoms with Crippen molar-refractivity contribution in [1.29, 1.82) is 0 Å². The van der Waals surface area contributed by atoms with Gasteiger partial charge in [-0.15, -0.1) is 0 Å². The van der Waals surface area contributed by atoms with E-state index in [1.54, 1.807) is 12.1 Å². The smallest absolute Gasteiger partial charge is 0.494 e. The molecule has 2 rings (SSSR count). The fraction of sp³-hybridized carbons (Fsp3) is 0.538. The lowest BCUT2D eigenvalue weighted by atomic mass is 9.78. The van der Waals surface area contributed by atoms with E-state index < -0.39 is 7.12 Å². The molecule has 0 unspecified atom stereocenters. The van der Waals surface area contributed by atoms with Crippen LogP contribution >= 0.6 is 0 Å². The Balaban J connectivity index is 2.32. The first-order valence-corrected chi connectivity index (χ1v) is 5.87. The zero-order valence-electron chi connectivity index (χ0n) is 11.1. The van der Waals surface area contributed by atoms with Crippen LogP contribution in [0, 0.1) is 6.92 Å². The fourth-order valence-electron chi connectivity index (χ4n) is 1.91. The summed E-state index contributed by atoms with van der Waals surface area (Å²) in [5, 5.41) is 9.60. The summed E-state index contributed by atoms with van der Waals surface area (Å²) >= 11 is 0.